The highest BCUT2D eigenvalue weighted by Crippen LogP contribution is 2.18. The van der Waals surface area contributed by atoms with Crippen molar-refractivity contribution < 1.29 is 4.79 Å². The molecular weight excluding hydrogens is 352 g/mol. The lowest BCUT2D eigenvalue weighted by Gasteiger charge is -2.34. The Balaban J connectivity index is 1.53. The minimum absolute atomic E-state index is 0.0231. The van der Waals surface area contributed by atoms with Gasteiger partial charge in [-0.1, -0.05) is 6.42 Å². The number of hydrogen-bond donors (Lipinski definition) is 1. The van der Waals surface area contributed by atoms with Crippen LogP contribution in [0.5, 0.6) is 0 Å². The summed E-state index contributed by atoms with van der Waals surface area (Å²) in [7, 11) is 0. The zero-order valence-corrected chi connectivity index (χ0v) is 16.9. The van der Waals surface area contributed by atoms with Gasteiger partial charge in [0.15, 0.2) is 0 Å². The highest BCUT2D eigenvalue weighted by atomic mass is 16.1. The predicted octanol–water partition coefficient (Wildman–Crippen LogP) is 2.73. The van der Waals surface area contributed by atoms with Crippen LogP contribution < -0.4 is 10.9 Å². The largest absolute Gasteiger partial charge is 0.349 e. The van der Waals surface area contributed by atoms with E-state index in [1.807, 2.05) is 4.57 Å². The minimum atomic E-state index is -0.0678. The summed E-state index contributed by atoms with van der Waals surface area (Å²) in [5.41, 5.74) is 1.25. The van der Waals surface area contributed by atoms with Crippen molar-refractivity contribution in [3.63, 3.8) is 0 Å². The van der Waals surface area contributed by atoms with Crippen molar-refractivity contribution in [1.29, 1.82) is 0 Å². The van der Waals surface area contributed by atoms with Crippen LogP contribution in [0.3, 0.4) is 0 Å². The molecule has 0 saturated carbocycles. The molecule has 0 unspecified atom stereocenters. The van der Waals surface area contributed by atoms with Crippen molar-refractivity contribution in [1.82, 2.24) is 19.8 Å². The van der Waals surface area contributed by atoms with E-state index in [-0.39, 0.29) is 17.5 Å². The number of likely N-dealkylation sites (tertiary alicyclic amines) is 1. The van der Waals surface area contributed by atoms with E-state index in [4.69, 9.17) is 4.98 Å². The SMILES string of the molecule is CC(C)N1CCC(NC(=O)c2ccc3c(=O)n4c(nc3c2)CCCCC4)CC1. The highest BCUT2D eigenvalue weighted by molar-refractivity contribution is 5.97. The van der Waals surface area contributed by atoms with Crippen LogP contribution in [0.15, 0.2) is 23.0 Å². The molecular formula is C22H30N4O2. The van der Waals surface area contributed by atoms with E-state index in [2.05, 4.69) is 24.1 Å². The monoisotopic (exact) mass is 382 g/mol. The Morgan fingerprint density at radius 3 is 2.68 bits per heavy atom. The van der Waals surface area contributed by atoms with E-state index in [0.717, 1.165) is 64.0 Å². The molecule has 2 aliphatic rings. The van der Waals surface area contributed by atoms with Crippen LogP contribution in [-0.4, -0.2) is 45.5 Å². The Labute approximate surface area is 165 Å². The maximum absolute atomic E-state index is 12.8. The van der Waals surface area contributed by atoms with E-state index < -0.39 is 0 Å². The van der Waals surface area contributed by atoms with Crippen LogP contribution in [0.4, 0.5) is 0 Å². The molecule has 1 aromatic heterocycles. The molecule has 0 radical (unpaired) electrons. The summed E-state index contributed by atoms with van der Waals surface area (Å²) < 4.78 is 1.82. The molecule has 28 heavy (non-hydrogen) atoms. The molecule has 6 heteroatoms. The number of piperidine rings is 1. The van der Waals surface area contributed by atoms with E-state index in [1.54, 1.807) is 18.2 Å². The molecule has 0 spiro atoms. The topological polar surface area (TPSA) is 67.2 Å². The van der Waals surface area contributed by atoms with Gasteiger partial charge in [-0.15, -0.1) is 0 Å². The average molecular weight is 383 g/mol. The molecule has 2 aromatic rings. The number of carbonyl (C=O) groups excluding carboxylic acids is 1. The van der Waals surface area contributed by atoms with Gasteiger partial charge in [0.2, 0.25) is 0 Å². The molecule has 0 atom stereocenters. The number of aryl methyl sites for hydroxylation is 1. The number of aromatic nitrogens is 2. The molecule has 2 aliphatic heterocycles. The molecule has 1 fully saturated rings. The summed E-state index contributed by atoms with van der Waals surface area (Å²) in [6.07, 6.45) is 6.00. The first-order valence-electron chi connectivity index (χ1n) is 10.6. The third-order valence-corrected chi connectivity index (χ3v) is 6.17. The van der Waals surface area contributed by atoms with Crippen LogP contribution in [0.1, 0.15) is 62.1 Å². The van der Waals surface area contributed by atoms with Crippen molar-refractivity contribution in [3.8, 4) is 0 Å². The van der Waals surface area contributed by atoms with Crippen molar-refractivity contribution in [2.45, 2.75) is 71.0 Å². The first kappa shape index (κ1) is 19.1. The van der Waals surface area contributed by atoms with Gasteiger partial charge in [0.05, 0.1) is 10.9 Å². The number of nitrogens with one attached hydrogen (secondary N) is 1. The van der Waals surface area contributed by atoms with Crippen molar-refractivity contribution in [2.24, 2.45) is 0 Å². The predicted molar refractivity (Wildman–Crippen MR) is 111 cm³/mol. The molecule has 1 saturated heterocycles. The fourth-order valence-electron chi connectivity index (χ4n) is 4.39. The Kier molecular flexibility index (Phi) is 5.49. The van der Waals surface area contributed by atoms with Crippen molar-refractivity contribution >= 4 is 16.8 Å². The van der Waals surface area contributed by atoms with Gasteiger partial charge in [-0.05, 0) is 57.7 Å². The summed E-state index contributed by atoms with van der Waals surface area (Å²) in [6, 6.07) is 6.06. The lowest BCUT2D eigenvalue weighted by molar-refractivity contribution is 0.0901. The van der Waals surface area contributed by atoms with Crippen LogP contribution in [-0.2, 0) is 13.0 Å². The molecule has 6 nitrogen and oxygen atoms in total. The van der Waals surface area contributed by atoms with E-state index >= 15 is 0 Å². The maximum atomic E-state index is 12.8. The summed E-state index contributed by atoms with van der Waals surface area (Å²) in [5.74, 6) is 0.787. The lowest BCUT2D eigenvalue weighted by atomic mass is 10.0. The minimum Gasteiger partial charge on any atom is -0.349 e. The van der Waals surface area contributed by atoms with Gasteiger partial charge in [0.25, 0.3) is 11.5 Å². The zero-order valence-electron chi connectivity index (χ0n) is 16.9. The fraction of sp³-hybridized carbons (Fsp3) is 0.591. The molecule has 150 valence electrons. The second-order valence-corrected chi connectivity index (χ2v) is 8.40. The third kappa shape index (κ3) is 3.83. The molecule has 1 N–H and O–H groups in total. The van der Waals surface area contributed by atoms with Gasteiger partial charge < -0.3 is 10.2 Å². The summed E-state index contributed by atoms with van der Waals surface area (Å²) in [4.78, 5) is 32.8. The Morgan fingerprint density at radius 2 is 1.93 bits per heavy atom. The van der Waals surface area contributed by atoms with Crippen LogP contribution in [0.25, 0.3) is 10.9 Å². The average Bonchev–Trinajstić information content (AvgIpc) is 2.94. The highest BCUT2D eigenvalue weighted by Gasteiger charge is 2.23. The Hall–Kier alpha value is -2.21. The van der Waals surface area contributed by atoms with Gasteiger partial charge in [0.1, 0.15) is 5.82 Å². The molecule has 0 aliphatic carbocycles. The summed E-state index contributed by atoms with van der Waals surface area (Å²) in [6.45, 7) is 7.21. The summed E-state index contributed by atoms with van der Waals surface area (Å²) in [5, 5.41) is 3.77. The van der Waals surface area contributed by atoms with Crippen LogP contribution >= 0.6 is 0 Å². The second-order valence-electron chi connectivity index (χ2n) is 8.40. The van der Waals surface area contributed by atoms with E-state index in [0.29, 0.717) is 22.5 Å². The standard InChI is InChI=1S/C22H30N4O2/c1-15(2)25-12-9-17(10-13-25)23-21(27)16-7-8-18-19(14-16)24-20-6-4-3-5-11-26(20)22(18)28/h7-8,14-15,17H,3-6,9-13H2,1-2H3,(H,23,27). The molecule has 4 rings (SSSR count). The zero-order chi connectivity index (χ0) is 19.7. The third-order valence-electron chi connectivity index (χ3n) is 6.17. The maximum Gasteiger partial charge on any atom is 0.261 e. The van der Waals surface area contributed by atoms with Gasteiger partial charge >= 0.3 is 0 Å². The Bertz CT molecular complexity index is 926. The molecule has 1 amide bonds. The normalized spacial score (nSPS) is 18.8. The van der Waals surface area contributed by atoms with Gasteiger partial charge in [-0.3, -0.25) is 14.2 Å². The first-order chi connectivity index (χ1) is 13.5. The second kappa shape index (κ2) is 8.03. The quantitative estimate of drug-likeness (QED) is 0.886. The number of carbonyl (C=O) groups is 1. The number of nitrogens with zero attached hydrogens (tertiary/aromatic N) is 3. The number of rotatable bonds is 3. The van der Waals surface area contributed by atoms with Crippen molar-refractivity contribution in [3.05, 3.63) is 39.9 Å². The van der Waals surface area contributed by atoms with E-state index in [9.17, 15) is 9.59 Å². The molecule has 1 aromatic carbocycles. The molecule has 3 heterocycles. The van der Waals surface area contributed by atoms with Gasteiger partial charge in [-0.25, -0.2) is 4.98 Å². The van der Waals surface area contributed by atoms with Crippen LogP contribution in [0, 0.1) is 0 Å². The Morgan fingerprint density at radius 1 is 1.14 bits per heavy atom. The van der Waals surface area contributed by atoms with Crippen LogP contribution in [0.2, 0.25) is 0 Å². The summed E-state index contributed by atoms with van der Waals surface area (Å²) >= 11 is 0. The van der Waals surface area contributed by atoms with Gasteiger partial charge in [-0.2, -0.15) is 0 Å². The lowest BCUT2D eigenvalue weighted by Crippen LogP contribution is -2.46. The fourth-order valence-corrected chi connectivity index (χ4v) is 4.39. The van der Waals surface area contributed by atoms with Gasteiger partial charge in [0, 0.05) is 43.7 Å². The van der Waals surface area contributed by atoms with E-state index in [1.165, 1.54) is 0 Å². The number of fused-ring (bicyclic) bond motifs is 2. The number of amides is 1. The smallest absolute Gasteiger partial charge is 0.261 e. The first-order valence-corrected chi connectivity index (χ1v) is 10.6. The van der Waals surface area contributed by atoms with Crippen molar-refractivity contribution in [2.75, 3.05) is 13.1 Å². The number of benzene rings is 1. The number of hydrogen-bond acceptors (Lipinski definition) is 4. The molecule has 0 bridgehead atoms.